The van der Waals surface area contributed by atoms with Crippen LogP contribution in [-0.2, 0) is 19.1 Å². The van der Waals surface area contributed by atoms with Gasteiger partial charge in [0.2, 0.25) is 5.91 Å². The van der Waals surface area contributed by atoms with Gasteiger partial charge in [-0.3, -0.25) is 19.3 Å². The number of hydrogen-bond donors (Lipinski definition) is 2. The Kier molecular flexibility index (Phi) is 7.41. The summed E-state index contributed by atoms with van der Waals surface area (Å²) >= 11 is 2.81. The topological polar surface area (TPSA) is 108 Å². The monoisotopic (exact) mass is 490 g/mol. The lowest BCUT2D eigenvalue weighted by Gasteiger charge is -2.33. The minimum Gasteiger partial charge on any atom is -0.462 e. The molecule has 0 spiro atoms. The van der Waals surface area contributed by atoms with Gasteiger partial charge in [-0.2, -0.15) is 0 Å². The van der Waals surface area contributed by atoms with Crippen molar-refractivity contribution in [2.24, 2.45) is 0 Å². The molecule has 0 unspecified atom stereocenters. The zero-order valence-corrected chi connectivity index (χ0v) is 19.9. The molecule has 3 heterocycles. The molecule has 176 valence electrons. The molecule has 1 aliphatic carbocycles. The summed E-state index contributed by atoms with van der Waals surface area (Å²) in [6.07, 6.45) is 1.86. The summed E-state index contributed by atoms with van der Waals surface area (Å²) < 4.78 is 5.22. The van der Waals surface area contributed by atoms with Gasteiger partial charge in [0.25, 0.3) is 0 Å². The highest BCUT2D eigenvalue weighted by atomic mass is 32.1. The van der Waals surface area contributed by atoms with Crippen LogP contribution in [0, 0.1) is 0 Å². The molecule has 1 saturated carbocycles. The number of thiophene rings is 2. The van der Waals surface area contributed by atoms with Crippen LogP contribution in [0.2, 0.25) is 0 Å². The van der Waals surface area contributed by atoms with Crippen LogP contribution in [0.5, 0.6) is 0 Å². The Morgan fingerprint density at radius 2 is 1.88 bits per heavy atom. The first kappa shape index (κ1) is 23.4. The third-order valence-electron chi connectivity index (χ3n) is 5.44. The predicted molar refractivity (Wildman–Crippen MR) is 126 cm³/mol. The summed E-state index contributed by atoms with van der Waals surface area (Å²) in [5.74, 6) is -1.76. The van der Waals surface area contributed by atoms with Crippen molar-refractivity contribution in [1.82, 2.24) is 15.1 Å². The number of ether oxygens (including phenoxy) is 1. The van der Waals surface area contributed by atoms with E-state index < -0.39 is 17.8 Å². The van der Waals surface area contributed by atoms with Gasteiger partial charge < -0.3 is 20.3 Å². The van der Waals surface area contributed by atoms with Gasteiger partial charge in [-0.25, -0.2) is 4.79 Å². The molecule has 3 amide bonds. The number of nitrogens with zero attached hydrogens (tertiary/aromatic N) is 2. The lowest BCUT2D eigenvalue weighted by molar-refractivity contribution is -0.147. The van der Waals surface area contributed by atoms with E-state index in [1.54, 1.807) is 6.92 Å². The zero-order chi connectivity index (χ0) is 23.4. The van der Waals surface area contributed by atoms with Crippen LogP contribution < -0.4 is 10.6 Å². The van der Waals surface area contributed by atoms with Crippen LogP contribution >= 0.6 is 22.7 Å². The Bertz CT molecular complexity index is 1020. The van der Waals surface area contributed by atoms with E-state index in [0.717, 1.165) is 23.3 Å². The molecule has 33 heavy (non-hydrogen) atoms. The van der Waals surface area contributed by atoms with Crippen LogP contribution in [-0.4, -0.2) is 78.9 Å². The first-order valence-electron chi connectivity index (χ1n) is 10.9. The van der Waals surface area contributed by atoms with Crippen LogP contribution in [0.15, 0.2) is 22.9 Å². The minimum absolute atomic E-state index is 0.130. The number of rotatable bonds is 7. The van der Waals surface area contributed by atoms with Crippen molar-refractivity contribution in [3.63, 3.8) is 0 Å². The predicted octanol–water partition coefficient (Wildman–Crippen LogP) is 2.01. The number of hydrogen-bond acceptors (Lipinski definition) is 8. The molecule has 2 aromatic rings. The number of esters is 1. The van der Waals surface area contributed by atoms with Crippen LogP contribution in [0.3, 0.4) is 0 Å². The normalized spacial score (nSPS) is 16.3. The van der Waals surface area contributed by atoms with Crippen molar-refractivity contribution in [2.75, 3.05) is 44.6 Å². The second-order valence-corrected chi connectivity index (χ2v) is 9.74. The molecule has 1 aliphatic heterocycles. The maximum absolute atomic E-state index is 12.7. The van der Waals surface area contributed by atoms with E-state index in [-0.39, 0.29) is 25.1 Å². The van der Waals surface area contributed by atoms with Gasteiger partial charge in [0.05, 0.1) is 13.2 Å². The molecule has 1 saturated heterocycles. The number of carbonyl (C=O) groups excluding carboxylic acids is 4. The SMILES string of the molecule is CCOC(=O)c1c(-c2cccs2)csc1NC(=O)CN1CCN(C(=O)C(=O)NC2CC2)CC1. The highest BCUT2D eigenvalue weighted by Crippen LogP contribution is 2.38. The number of amides is 3. The van der Waals surface area contributed by atoms with E-state index in [4.69, 9.17) is 4.74 Å². The Hall–Kier alpha value is -2.76. The largest absolute Gasteiger partial charge is 0.462 e. The highest BCUT2D eigenvalue weighted by Gasteiger charge is 2.31. The van der Waals surface area contributed by atoms with E-state index in [2.05, 4.69) is 10.6 Å². The van der Waals surface area contributed by atoms with Crippen LogP contribution in [0.25, 0.3) is 10.4 Å². The number of anilines is 1. The van der Waals surface area contributed by atoms with Gasteiger partial charge in [0, 0.05) is 48.0 Å². The van der Waals surface area contributed by atoms with Gasteiger partial charge >= 0.3 is 17.8 Å². The minimum atomic E-state index is -0.547. The van der Waals surface area contributed by atoms with E-state index >= 15 is 0 Å². The van der Waals surface area contributed by atoms with Crippen molar-refractivity contribution in [2.45, 2.75) is 25.8 Å². The molecule has 2 aromatic heterocycles. The molecule has 2 N–H and O–H groups in total. The van der Waals surface area contributed by atoms with Gasteiger partial charge in [-0.15, -0.1) is 22.7 Å². The summed E-state index contributed by atoms with van der Waals surface area (Å²) in [7, 11) is 0. The van der Waals surface area contributed by atoms with Crippen LogP contribution in [0.1, 0.15) is 30.1 Å². The summed E-state index contributed by atoms with van der Waals surface area (Å²) in [4.78, 5) is 53.9. The zero-order valence-electron chi connectivity index (χ0n) is 18.3. The Balaban J connectivity index is 1.33. The third-order valence-corrected chi connectivity index (χ3v) is 7.24. The number of carbonyl (C=O) groups is 4. The van der Waals surface area contributed by atoms with E-state index in [1.165, 1.54) is 27.6 Å². The molecule has 11 heteroatoms. The lowest BCUT2D eigenvalue weighted by atomic mass is 10.1. The van der Waals surface area contributed by atoms with Gasteiger partial charge in [-0.05, 0) is 31.2 Å². The summed E-state index contributed by atoms with van der Waals surface area (Å²) in [5, 5.41) is 9.82. The average Bonchev–Trinajstić information content (AvgIpc) is 3.27. The lowest BCUT2D eigenvalue weighted by Crippen LogP contribution is -2.53. The van der Waals surface area contributed by atoms with Crippen molar-refractivity contribution >= 4 is 51.4 Å². The van der Waals surface area contributed by atoms with Gasteiger partial charge in [0.15, 0.2) is 0 Å². The first-order chi connectivity index (χ1) is 16.0. The fourth-order valence-electron chi connectivity index (χ4n) is 3.57. The molecular formula is C22H26N4O5S2. The Labute approximate surface area is 199 Å². The molecule has 4 rings (SSSR count). The van der Waals surface area contributed by atoms with Gasteiger partial charge in [-0.1, -0.05) is 6.07 Å². The van der Waals surface area contributed by atoms with Crippen molar-refractivity contribution < 1.29 is 23.9 Å². The molecule has 0 radical (unpaired) electrons. The molecule has 0 aromatic carbocycles. The first-order valence-corrected chi connectivity index (χ1v) is 12.7. The molecule has 0 bridgehead atoms. The average molecular weight is 491 g/mol. The smallest absolute Gasteiger partial charge is 0.341 e. The summed E-state index contributed by atoms with van der Waals surface area (Å²) in [5.41, 5.74) is 1.12. The van der Waals surface area contributed by atoms with E-state index in [9.17, 15) is 19.2 Å². The second kappa shape index (κ2) is 10.4. The van der Waals surface area contributed by atoms with Crippen molar-refractivity contribution in [3.05, 3.63) is 28.5 Å². The summed E-state index contributed by atoms with van der Waals surface area (Å²) in [6.45, 7) is 3.88. The van der Waals surface area contributed by atoms with E-state index in [0.29, 0.717) is 36.7 Å². The van der Waals surface area contributed by atoms with Gasteiger partial charge in [0.1, 0.15) is 10.6 Å². The van der Waals surface area contributed by atoms with Crippen LogP contribution in [0.4, 0.5) is 5.00 Å². The molecule has 0 atom stereocenters. The van der Waals surface area contributed by atoms with Crippen molar-refractivity contribution in [3.8, 4) is 10.4 Å². The number of piperazine rings is 1. The number of nitrogens with one attached hydrogen (secondary N) is 2. The molecule has 2 aliphatic rings. The fraction of sp³-hybridized carbons (Fsp3) is 0.455. The molecular weight excluding hydrogens is 464 g/mol. The standard InChI is InChI=1S/C22H26N4O5S2/c1-2-31-22(30)18-15(16-4-3-11-32-16)13-33-20(18)24-17(27)12-25-7-9-26(10-8-25)21(29)19(28)23-14-5-6-14/h3-4,11,13-14H,2,5-10,12H2,1H3,(H,23,28)(H,24,27). The summed E-state index contributed by atoms with van der Waals surface area (Å²) in [6, 6.07) is 3.97. The quantitative estimate of drug-likeness (QED) is 0.454. The maximum atomic E-state index is 12.7. The highest BCUT2D eigenvalue weighted by molar-refractivity contribution is 7.17. The maximum Gasteiger partial charge on any atom is 0.341 e. The molecule has 2 fully saturated rings. The second-order valence-electron chi connectivity index (χ2n) is 7.92. The fourth-order valence-corrected chi connectivity index (χ4v) is 5.35. The van der Waals surface area contributed by atoms with E-state index in [1.807, 2.05) is 27.8 Å². The Morgan fingerprint density at radius 1 is 1.12 bits per heavy atom. The molecule has 9 nitrogen and oxygen atoms in total. The third kappa shape index (κ3) is 5.79. The van der Waals surface area contributed by atoms with Crippen molar-refractivity contribution in [1.29, 1.82) is 0 Å². The Morgan fingerprint density at radius 3 is 2.52 bits per heavy atom.